The Hall–Kier alpha value is -7.23. The monoisotopic (exact) mass is 891 g/mol. The van der Waals surface area contributed by atoms with Gasteiger partial charge in [0.25, 0.3) is 0 Å². The van der Waals surface area contributed by atoms with E-state index in [1.54, 1.807) is 0 Å². The van der Waals surface area contributed by atoms with Gasteiger partial charge in [0.1, 0.15) is 11.7 Å². The Morgan fingerprint density at radius 3 is 1.13 bits per heavy atom. The number of amidine groups is 2. The van der Waals surface area contributed by atoms with Gasteiger partial charge in [0.05, 0.1) is 39.4 Å². The predicted molar refractivity (Wildman–Crippen MR) is 286 cm³/mol. The second-order valence-corrected chi connectivity index (χ2v) is 22.8. The lowest BCUT2D eigenvalue weighted by atomic mass is 9.85. The molecule has 6 heteroatoms. The van der Waals surface area contributed by atoms with Crippen molar-refractivity contribution >= 4 is 55.3 Å². The van der Waals surface area contributed by atoms with Crippen molar-refractivity contribution in [2.45, 2.75) is 111 Å². The minimum atomic E-state index is -0.766. The normalized spacial score (nSPS) is 14.1. The first kappa shape index (κ1) is 44.6. The van der Waals surface area contributed by atoms with Gasteiger partial charge in [-0.15, -0.1) is 0 Å². The highest BCUT2D eigenvalue weighted by atomic mass is 15.2. The molecule has 68 heavy (non-hydrogen) atoms. The lowest BCUT2D eigenvalue weighted by Crippen LogP contribution is -2.36. The number of nitrogens with one attached hydrogen (secondary N) is 1. The Morgan fingerprint density at radius 1 is 0.441 bits per heavy atom. The van der Waals surface area contributed by atoms with Gasteiger partial charge in [0.2, 0.25) is 0 Å². The average molecular weight is 891 g/mol. The Kier molecular flexibility index (Phi) is 10.5. The summed E-state index contributed by atoms with van der Waals surface area (Å²) >= 11 is 0. The molecule has 3 heterocycles. The Labute approximate surface area is 401 Å². The van der Waals surface area contributed by atoms with Gasteiger partial charge in [-0.1, -0.05) is 168 Å². The van der Waals surface area contributed by atoms with E-state index in [4.69, 9.17) is 9.98 Å². The number of rotatable bonds is 5. The number of hydrogen-bond acceptors (Lipinski definition) is 4. The molecule has 0 radical (unpaired) electrons. The highest BCUT2D eigenvalue weighted by Crippen LogP contribution is 2.44. The summed E-state index contributed by atoms with van der Waals surface area (Å²) < 4.78 is 4.74. The number of nitriles is 1. The molecule has 0 bridgehead atoms. The third-order valence-corrected chi connectivity index (χ3v) is 13.8. The first-order valence-corrected chi connectivity index (χ1v) is 24.0. The first-order valence-electron chi connectivity index (χ1n) is 24.0. The molecule has 0 fully saturated rings. The third kappa shape index (κ3) is 7.78. The third-order valence-electron chi connectivity index (χ3n) is 13.8. The van der Waals surface area contributed by atoms with E-state index in [0.29, 0.717) is 17.2 Å². The number of fused-ring (bicyclic) bond motifs is 6. The van der Waals surface area contributed by atoms with Gasteiger partial charge in [-0.05, 0) is 105 Å². The molecule has 2 aromatic heterocycles. The molecule has 340 valence electrons. The summed E-state index contributed by atoms with van der Waals surface area (Å²) in [5.41, 5.74) is 14.0. The van der Waals surface area contributed by atoms with Crippen molar-refractivity contribution in [1.82, 2.24) is 14.5 Å². The first-order chi connectivity index (χ1) is 32.2. The fourth-order valence-electron chi connectivity index (χ4n) is 9.82. The number of aromatic nitrogens is 2. The van der Waals surface area contributed by atoms with Crippen LogP contribution < -0.4 is 5.32 Å². The van der Waals surface area contributed by atoms with Crippen LogP contribution in [0.5, 0.6) is 0 Å². The van der Waals surface area contributed by atoms with Crippen molar-refractivity contribution in [1.29, 1.82) is 5.26 Å². The molecule has 0 atom stereocenters. The second kappa shape index (κ2) is 15.9. The highest BCUT2D eigenvalue weighted by Gasteiger charge is 2.30. The van der Waals surface area contributed by atoms with E-state index in [0.717, 1.165) is 50.1 Å². The van der Waals surface area contributed by atoms with E-state index in [1.165, 1.54) is 43.8 Å². The molecule has 9 aromatic rings. The van der Waals surface area contributed by atoms with E-state index in [1.807, 2.05) is 36.4 Å². The summed E-state index contributed by atoms with van der Waals surface area (Å²) in [5.74, 6) is 1.39. The molecule has 1 N–H and O–H groups in total. The zero-order valence-corrected chi connectivity index (χ0v) is 41.7. The maximum atomic E-state index is 11.6. The van der Waals surface area contributed by atoms with Crippen LogP contribution in [-0.4, -0.2) is 20.8 Å². The van der Waals surface area contributed by atoms with E-state index in [-0.39, 0.29) is 21.7 Å². The summed E-state index contributed by atoms with van der Waals surface area (Å²) in [6.07, 6.45) is -0.766. The van der Waals surface area contributed by atoms with Gasteiger partial charge in [-0.25, -0.2) is 9.98 Å². The predicted octanol–water partition coefficient (Wildman–Crippen LogP) is 15.4. The molecule has 0 saturated carbocycles. The van der Waals surface area contributed by atoms with Crippen molar-refractivity contribution in [3.8, 4) is 17.4 Å². The molecule has 0 amide bonds. The zero-order chi connectivity index (χ0) is 48.1. The maximum absolute atomic E-state index is 11.6. The topological polar surface area (TPSA) is 70.4 Å². The van der Waals surface area contributed by atoms with Gasteiger partial charge in [0.15, 0.2) is 6.17 Å². The van der Waals surface area contributed by atoms with Gasteiger partial charge in [0, 0.05) is 43.9 Å². The van der Waals surface area contributed by atoms with Crippen LogP contribution >= 0.6 is 0 Å². The van der Waals surface area contributed by atoms with Crippen molar-refractivity contribution in [2.24, 2.45) is 9.98 Å². The quantitative estimate of drug-likeness (QED) is 0.187. The zero-order valence-electron chi connectivity index (χ0n) is 41.7. The van der Waals surface area contributed by atoms with Gasteiger partial charge in [-0.2, -0.15) is 5.26 Å². The molecular formula is C62H62N6. The van der Waals surface area contributed by atoms with Crippen LogP contribution in [0.25, 0.3) is 55.0 Å². The molecule has 1 aliphatic heterocycles. The molecule has 0 saturated heterocycles. The molecule has 10 rings (SSSR count). The number of hydrogen-bond donors (Lipinski definition) is 1. The lowest BCUT2D eigenvalue weighted by molar-refractivity contribution is 0.590. The molecule has 6 nitrogen and oxygen atoms in total. The van der Waals surface area contributed by atoms with E-state index < -0.39 is 6.17 Å². The van der Waals surface area contributed by atoms with Crippen LogP contribution in [0.2, 0.25) is 0 Å². The van der Waals surface area contributed by atoms with Crippen LogP contribution in [0.1, 0.15) is 134 Å². The Balaban J connectivity index is 1.35. The van der Waals surface area contributed by atoms with Crippen molar-refractivity contribution < 1.29 is 0 Å². The molecule has 0 spiro atoms. The minimum absolute atomic E-state index is 0.0453. The van der Waals surface area contributed by atoms with Gasteiger partial charge in [-0.3, -0.25) is 0 Å². The van der Waals surface area contributed by atoms with Crippen molar-refractivity contribution in [2.75, 3.05) is 0 Å². The Bertz CT molecular complexity index is 3370. The fraction of sp³-hybridized carbons (Fsp3) is 0.274. The van der Waals surface area contributed by atoms with Crippen LogP contribution in [-0.2, 0) is 21.7 Å². The molecular weight excluding hydrogens is 829 g/mol. The fourth-order valence-corrected chi connectivity index (χ4v) is 9.82. The van der Waals surface area contributed by atoms with Crippen molar-refractivity contribution in [3.05, 3.63) is 190 Å². The average Bonchev–Trinajstić information content (AvgIpc) is 3.82. The van der Waals surface area contributed by atoms with E-state index in [2.05, 4.69) is 213 Å². The maximum Gasteiger partial charge on any atom is 0.173 e. The highest BCUT2D eigenvalue weighted by molar-refractivity contribution is 6.16. The summed E-state index contributed by atoms with van der Waals surface area (Å²) in [5, 5.41) is 19.9. The lowest BCUT2D eigenvalue weighted by Gasteiger charge is -2.26. The number of aliphatic imine (C=N–C) groups is 2. The van der Waals surface area contributed by atoms with E-state index in [9.17, 15) is 5.26 Å². The summed E-state index contributed by atoms with van der Waals surface area (Å²) in [4.78, 5) is 10.9. The Morgan fingerprint density at radius 2 is 0.794 bits per heavy atom. The van der Waals surface area contributed by atoms with E-state index >= 15 is 0 Å². The van der Waals surface area contributed by atoms with Gasteiger partial charge >= 0.3 is 0 Å². The minimum Gasteiger partial charge on any atom is -0.324 e. The van der Waals surface area contributed by atoms with Crippen molar-refractivity contribution in [3.63, 3.8) is 0 Å². The molecule has 7 aromatic carbocycles. The van der Waals surface area contributed by atoms with Gasteiger partial charge < -0.3 is 14.5 Å². The summed E-state index contributed by atoms with van der Waals surface area (Å²) in [7, 11) is 0. The SMILES string of the molecule is CC(C)(C)c1ccc2c(c1)c1cc(C(C)(C)C)ccc1n2-c1cc(C#N)c(C2N=C(c3ccccc3)NC(c3ccccc3)=N2)c(-n2c3ccc(C(C)(C)C)cc3c3cc(C(C)(C)C)ccc32)c1. The molecule has 0 aliphatic carbocycles. The summed E-state index contributed by atoms with van der Waals surface area (Å²) in [6, 6.07) is 55.2. The van der Waals surface area contributed by atoms with Crippen LogP contribution in [0.3, 0.4) is 0 Å². The number of nitrogens with zero attached hydrogens (tertiary/aromatic N) is 5. The summed E-state index contributed by atoms with van der Waals surface area (Å²) in [6.45, 7) is 27.3. The molecule has 0 unspecified atom stereocenters. The largest absolute Gasteiger partial charge is 0.324 e. The van der Waals surface area contributed by atoms with Crippen LogP contribution in [0, 0.1) is 11.3 Å². The smallest absolute Gasteiger partial charge is 0.173 e. The second-order valence-electron chi connectivity index (χ2n) is 22.8. The standard InChI is InChI=1S/C62H62N6/c1-59(2,3)41-23-27-50-46(32-41)47-33-42(60(4,5)6)24-28-51(47)67(50)45-31-40(37-63)55(58-65-56(38-19-15-13-16-20-38)64-57(66-58)39-21-17-14-18-22-39)54(36-45)68-52-29-25-43(61(7,8)9)34-48(52)49-35-44(62(10,11)12)26-30-53(49)68/h13-36,58H,1-12H3,(H,64,65,66). The van der Waals surface area contributed by atoms with Crippen LogP contribution in [0.4, 0.5) is 0 Å². The van der Waals surface area contributed by atoms with Crippen LogP contribution in [0.15, 0.2) is 156 Å². The number of benzene rings is 7. The molecule has 1 aliphatic rings.